The van der Waals surface area contributed by atoms with Gasteiger partial charge in [-0.15, -0.1) is 6.58 Å². The molecule has 2 aromatic rings. The van der Waals surface area contributed by atoms with Gasteiger partial charge in [-0.1, -0.05) is 48.0 Å². The van der Waals surface area contributed by atoms with Crippen LogP contribution in [0.3, 0.4) is 0 Å². The van der Waals surface area contributed by atoms with Crippen LogP contribution in [0.15, 0.2) is 61.2 Å². The Morgan fingerprint density at radius 1 is 1.32 bits per heavy atom. The number of hydrazine groups is 1. The highest BCUT2D eigenvalue weighted by Gasteiger charge is 2.15. The average Bonchev–Trinajstić information content (AvgIpc) is 2.60. The van der Waals surface area contributed by atoms with Crippen LogP contribution in [0.25, 0.3) is 0 Å². The molecule has 0 aromatic heterocycles. The molecule has 0 fully saturated rings. The zero-order valence-corrected chi connectivity index (χ0v) is 15.0. The van der Waals surface area contributed by atoms with E-state index in [0.29, 0.717) is 17.9 Å². The minimum absolute atomic E-state index is 0.0344. The first kappa shape index (κ1) is 18.8. The first-order valence-corrected chi connectivity index (χ1v) is 8.25. The lowest BCUT2D eigenvalue weighted by atomic mass is 10.2. The maximum atomic E-state index is 12.3. The first-order valence-electron chi connectivity index (χ1n) is 7.46. The van der Waals surface area contributed by atoms with Crippen LogP contribution >= 0.6 is 23.8 Å². The third-order valence-electron chi connectivity index (χ3n) is 3.25. The smallest absolute Gasteiger partial charge is 0.271 e. The molecule has 3 N–H and O–H groups in total. The topological polar surface area (TPSA) is 67.6 Å². The quantitative estimate of drug-likeness (QED) is 0.460. The third-order valence-corrected chi connectivity index (χ3v) is 3.78. The highest BCUT2D eigenvalue weighted by molar-refractivity contribution is 7.80. The van der Waals surface area contributed by atoms with Crippen molar-refractivity contribution in [3.05, 3.63) is 77.3 Å². The molecule has 2 aromatic carbocycles. The molecule has 0 spiro atoms. The number of hydrogen-bond acceptors (Lipinski definition) is 3. The average molecular weight is 376 g/mol. The molecule has 0 saturated carbocycles. The van der Waals surface area contributed by atoms with Gasteiger partial charge in [0.25, 0.3) is 5.91 Å². The van der Waals surface area contributed by atoms with E-state index >= 15 is 0 Å². The van der Waals surface area contributed by atoms with Gasteiger partial charge in [-0.05, 0) is 36.0 Å². The Bertz CT molecular complexity index is 768. The van der Waals surface area contributed by atoms with E-state index in [2.05, 4.69) is 12.0 Å². The third kappa shape index (κ3) is 5.48. The Morgan fingerprint density at radius 2 is 2.04 bits per heavy atom. The van der Waals surface area contributed by atoms with Crippen molar-refractivity contribution in [2.75, 3.05) is 6.54 Å². The number of nitrogens with two attached hydrogens (primary N) is 1. The van der Waals surface area contributed by atoms with Gasteiger partial charge in [0.2, 0.25) is 0 Å². The molecule has 0 bridgehead atoms. The van der Waals surface area contributed by atoms with E-state index < -0.39 is 5.91 Å². The van der Waals surface area contributed by atoms with Gasteiger partial charge in [0.15, 0.2) is 5.11 Å². The number of hydrogen-bond donors (Lipinski definition) is 2. The van der Waals surface area contributed by atoms with Crippen LogP contribution in [-0.4, -0.2) is 22.6 Å². The van der Waals surface area contributed by atoms with Crippen molar-refractivity contribution in [3.63, 3.8) is 0 Å². The fourth-order valence-corrected chi connectivity index (χ4v) is 2.39. The number of carbonyl (C=O) groups excluding carboxylic acids is 1. The number of nitrogens with zero attached hydrogens (tertiary/aromatic N) is 1. The molecule has 0 saturated heterocycles. The fourth-order valence-electron chi connectivity index (χ4n) is 2.01. The summed E-state index contributed by atoms with van der Waals surface area (Å²) < 4.78 is 5.68. The lowest BCUT2D eigenvalue weighted by Gasteiger charge is -2.22. The van der Waals surface area contributed by atoms with Gasteiger partial charge in [0, 0.05) is 0 Å². The molecular weight excluding hydrogens is 358 g/mol. The highest BCUT2D eigenvalue weighted by atomic mass is 35.5. The van der Waals surface area contributed by atoms with Crippen LogP contribution in [0.4, 0.5) is 0 Å². The van der Waals surface area contributed by atoms with Crippen LogP contribution in [0.1, 0.15) is 15.9 Å². The number of carbonyl (C=O) groups is 1. The summed E-state index contributed by atoms with van der Waals surface area (Å²) in [5, 5.41) is 1.61. The van der Waals surface area contributed by atoms with Crippen LogP contribution in [0.5, 0.6) is 5.75 Å². The SMILES string of the molecule is C=CCN(NC(=O)c1ccc(OCc2ccccc2)cc1Cl)C(N)=S. The van der Waals surface area contributed by atoms with Crippen LogP contribution in [-0.2, 0) is 6.61 Å². The van der Waals surface area contributed by atoms with Crippen LogP contribution in [0.2, 0.25) is 5.02 Å². The molecule has 2 rings (SSSR count). The van der Waals surface area contributed by atoms with Gasteiger partial charge in [0.05, 0.1) is 17.1 Å². The highest BCUT2D eigenvalue weighted by Crippen LogP contribution is 2.23. The van der Waals surface area contributed by atoms with E-state index in [1.807, 2.05) is 30.3 Å². The summed E-state index contributed by atoms with van der Waals surface area (Å²) in [5.74, 6) is 0.150. The molecule has 1 amide bonds. The van der Waals surface area contributed by atoms with Crippen molar-refractivity contribution in [2.45, 2.75) is 6.61 Å². The van der Waals surface area contributed by atoms with Gasteiger partial charge in [-0.2, -0.15) is 0 Å². The van der Waals surface area contributed by atoms with Crippen molar-refractivity contribution < 1.29 is 9.53 Å². The zero-order valence-electron chi connectivity index (χ0n) is 13.4. The van der Waals surface area contributed by atoms with E-state index in [-0.39, 0.29) is 16.7 Å². The molecular formula is C18H18ClN3O2S. The molecule has 0 aliphatic rings. The van der Waals surface area contributed by atoms with Gasteiger partial charge in [0.1, 0.15) is 12.4 Å². The Balaban J connectivity index is 2.04. The van der Waals surface area contributed by atoms with Gasteiger partial charge in [-0.25, -0.2) is 0 Å². The second kappa shape index (κ2) is 9.05. The number of benzene rings is 2. The second-order valence-electron chi connectivity index (χ2n) is 5.09. The molecule has 5 nitrogen and oxygen atoms in total. The maximum Gasteiger partial charge on any atom is 0.271 e. The molecule has 0 heterocycles. The summed E-state index contributed by atoms with van der Waals surface area (Å²) in [7, 11) is 0. The number of halogens is 1. The standard InChI is InChI=1S/C18H18ClN3O2S/c1-2-10-22(18(20)25)21-17(23)15-9-8-14(11-16(15)19)24-12-13-6-4-3-5-7-13/h2-9,11H,1,10,12H2,(H2,20,25)(H,21,23). The maximum absolute atomic E-state index is 12.3. The van der Waals surface area contributed by atoms with Crippen molar-refractivity contribution >= 4 is 34.8 Å². The minimum atomic E-state index is -0.422. The summed E-state index contributed by atoms with van der Waals surface area (Å²) in [6.07, 6.45) is 1.57. The summed E-state index contributed by atoms with van der Waals surface area (Å²) in [6.45, 7) is 4.29. The Kier molecular flexibility index (Phi) is 6.80. The van der Waals surface area contributed by atoms with E-state index in [0.717, 1.165) is 5.56 Å². The normalized spacial score (nSPS) is 9.96. The summed E-state index contributed by atoms with van der Waals surface area (Å²) in [4.78, 5) is 12.3. The number of thiocarbonyl (C=S) groups is 1. The lowest BCUT2D eigenvalue weighted by molar-refractivity contribution is 0.0879. The molecule has 0 unspecified atom stereocenters. The number of nitrogens with one attached hydrogen (secondary N) is 1. The molecule has 0 radical (unpaired) electrons. The van der Waals surface area contributed by atoms with Crippen molar-refractivity contribution in [3.8, 4) is 5.75 Å². The monoisotopic (exact) mass is 375 g/mol. The zero-order chi connectivity index (χ0) is 18.2. The van der Waals surface area contributed by atoms with E-state index in [9.17, 15) is 4.79 Å². The number of amides is 1. The summed E-state index contributed by atoms with van der Waals surface area (Å²) >= 11 is 11.1. The van der Waals surface area contributed by atoms with Crippen LogP contribution in [0, 0.1) is 0 Å². The molecule has 7 heteroatoms. The summed E-state index contributed by atoms with van der Waals surface area (Å²) in [6, 6.07) is 14.6. The largest absolute Gasteiger partial charge is 0.489 e. The van der Waals surface area contributed by atoms with E-state index in [4.69, 9.17) is 34.3 Å². The molecule has 0 aliphatic heterocycles. The molecule has 0 aliphatic carbocycles. The van der Waals surface area contributed by atoms with E-state index in [1.54, 1.807) is 24.3 Å². The van der Waals surface area contributed by atoms with Crippen molar-refractivity contribution in [2.24, 2.45) is 5.73 Å². The van der Waals surface area contributed by atoms with Gasteiger partial charge in [-0.3, -0.25) is 15.2 Å². The van der Waals surface area contributed by atoms with Gasteiger partial charge >= 0.3 is 0 Å². The van der Waals surface area contributed by atoms with Gasteiger partial charge < -0.3 is 10.5 Å². The molecule has 25 heavy (non-hydrogen) atoms. The summed E-state index contributed by atoms with van der Waals surface area (Å²) in [5.41, 5.74) is 9.46. The predicted molar refractivity (Wildman–Crippen MR) is 103 cm³/mol. The van der Waals surface area contributed by atoms with Crippen molar-refractivity contribution in [1.29, 1.82) is 0 Å². The predicted octanol–water partition coefficient (Wildman–Crippen LogP) is 3.30. The fraction of sp³-hybridized carbons (Fsp3) is 0.111. The molecule has 130 valence electrons. The van der Waals surface area contributed by atoms with Crippen LogP contribution < -0.4 is 15.9 Å². The number of rotatable bonds is 6. The lowest BCUT2D eigenvalue weighted by Crippen LogP contribution is -2.48. The second-order valence-corrected chi connectivity index (χ2v) is 5.92. The molecule has 0 atom stereocenters. The Labute approximate surface area is 157 Å². The Hall–Kier alpha value is -2.57. The van der Waals surface area contributed by atoms with E-state index in [1.165, 1.54) is 5.01 Å². The first-order chi connectivity index (χ1) is 12.0. The van der Waals surface area contributed by atoms with Crippen molar-refractivity contribution in [1.82, 2.24) is 10.4 Å². The Morgan fingerprint density at radius 3 is 2.64 bits per heavy atom. The minimum Gasteiger partial charge on any atom is -0.489 e. The number of ether oxygens (including phenoxy) is 1.